The normalized spacial score (nSPS) is 15.2. The summed E-state index contributed by atoms with van der Waals surface area (Å²) in [6.07, 6.45) is 11.9. The van der Waals surface area contributed by atoms with Gasteiger partial charge >= 0.3 is 0 Å². The zero-order valence-corrected chi connectivity index (χ0v) is 8.27. The van der Waals surface area contributed by atoms with Crippen LogP contribution < -0.4 is 0 Å². The Labute approximate surface area is 76.2 Å². The quantitative estimate of drug-likeness (QED) is 0.477. The maximum Gasteiger partial charge on any atom is 0.122 e. The summed E-state index contributed by atoms with van der Waals surface area (Å²) in [7, 11) is 0. The molecule has 0 aromatic heterocycles. The Morgan fingerprint density at radius 3 is 2.33 bits per heavy atom. The molecule has 1 N–H and O–H groups in total. The summed E-state index contributed by atoms with van der Waals surface area (Å²) in [5.41, 5.74) is -0.883. The van der Waals surface area contributed by atoms with Gasteiger partial charge in [-0.25, -0.2) is 0 Å². The van der Waals surface area contributed by atoms with Gasteiger partial charge in [0.2, 0.25) is 0 Å². The zero-order valence-electron chi connectivity index (χ0n) is 8.27. The minimum absolute atomic E-state index is 0.729. The summed E-state index contributed by atoms with van der Waals surface area (Å²) >= 11 is 0. The Kier molecular flexibility index (Phi) is 5.84. The molecule has 1 unspecified atom stereocenters. The molecule has 70 valence electrons. The van der Waals surface area contributed by atoms with Crippen molar-refractivity contribution in [2.24, 2.45) is 0 Å². The molecule has 12 heavy (non-hydrogen) atoms. The molecular weight excluding hydrogens is 148 g/mol. The van der Waals surface area contributed by atoms with Crippen LogP contribution in [-0.2, 0) is 0 Å². The second-order valence-corrected chi connectivity index (χ2v) is 3.58. The Morgan fingerprint density at radius 2 is 1.83 bits per heavy atom. The summed E-state index contributed by atoms with van der Waals surface area (Å²) in [4.78, 5) is 0. The van der Waals surface area contributed by atoms with Gasteiger partial charge in [0.1, 0.15) is 5.60 Å². The molecule has 0 heterocycles. The lowest BCUT2D eigenvalue weighted by molar-refractivity contribution is 0.109. The molecule has 0 aliphatic heterocycles. The minimum Gasteiger partial charge on any atom is -0.378 e. The van der Waals surface area contributed by atoms with Crippen LogP contribution in [0.15, 0.2) is 0 Å². The van der Waals surface area contributed by atoms with Crippen LogP contribution in [0.2, 0.25) is 0 Å². The lowest BCUT2D eigenvalue weighted by Gasteiger charge is -2.15. The van der Waals surface area contributed by atoms with Crippen LogP contribution in [0, 0.1) is 12.3 Å². The van der Waals surface area contributed by atoms with Crippen LogP contribution in [0.4, 0.5) is 0 Å². The van der Waals surface area contributed by atoms with Crippen molar-refractivity contribution < 1.29 is 5.11 Å². The summed E-state index contributed by atoms with van der Waals surface area (Å²) in [6.45, 7) is 3.89. The van der Waals surface area contributed by atoms with Crippen molar-refractivity contribution in [3.8, 4) is 12.3 Å². The van der Waals surface area contributed by atoms with E-state index in [-0.39, 0.29) is 0 Å². The molecule has 0 fully saturated rings. The molecule has 0 amide bonds. The molecule has 0 spiro atoms. The van der Waals surface area contributed by atoms with Gasteiger partial charge in [-0.05, 0) is 19.8 Å². The molecular formula is C11H20O. The predicted octanol–water partition coefficient (Wildman–Crippen LogP) is 2.73. The third-order valence-corrected chi connectivity index (χ3v) is 2.08. The van der Waals surface area contributed by atoms with Gasteiger partial charge in [-0.2, -0.15) is 0 Å². The number of terminal acetylenes is 1. The van der Waals surface area contributed by atoms with Gasteiger partial charge in [-0.15, -0.1) is 6.42 Å². The first-order valence-electron chi connectivity index (χ1n) is 4.82. The highest BCUT2D eigenvalue weighted by Crippen LogP contribution is 2.14. The highest BCUT2D eigenvalue weighted by Gasteiger charge is 2.14. The lowest BCUT2D eigenvalue weighted by atomic mass is 9.99. The van der Waals surface area contributed by atoms with Gasteiger partial charge in [0.25, 0.3) is 0 Å². The van der Waals surface area contributed by atoms with Gasteiger partial charge in [0.05, 0.1) is 0 Å². The number of unbranched alkanes of at least 4 members (excludes halogenated alkanes) is 4. The molecule has 0 aromatic rings. The maximum atomic E-state index is 9.44. The molecule has 0 radical (unpaired) electrons. The van der Waals surface area contributed by atoms with Gasteiger partial charge in [0, 0.05) is 0 Å². The van der Waals surface area contributed by atoms with Crippen LogP contribution in [0.1, 0.15) is 52.4 Å². The Balaban J connectivity index is 3.27. The van der Waals surface area contributed by atoms with E-state index in [1.807, 2.05) is 0 Å². The van der Waals surface area contributed by atoms with Crippen LogP contribution in [-0.4, -0.2) is 10.7 Å². The average molecular weight is 168 g/mol. The standard InChI is InChI=1S/C11H20O/c1-4-6-7-8-9-10-11(3,12)5-2/h2,12H,4,6-10H2,1,3H3. The summed E-state index contributed by atoms with van der Waals surface area (Å²) in [5.74, 6) is 2.39. The van der Waals surface area contributed by atoms with Crippen molar-refractivity contribution in [1.29, 1.82) is 0 Å². The second kappa shape index (κ2) is 6.08. The van der Waals surface area contributed by atoms with Crippen LogP contribution in [0.3, 0.4) is 0 Å². The van der Waals surface area contributed by atoms with Crippen molar-refractivity contribution in [2.45, 2.75) is 58.0 Å². The highest BCUT2D eigenvalue weighted by molar-refractivity contribution is 5.03. The van der Waals surface area contributed by atoms with E-state index in [0.29, 0.717) is 0 Å². The van der Waals surface area contributed by atoms with E-state index < -0.39 is 5.60 Å². The molecule has 1 atom stereocenters. The largest absolute Gasteiger partial charge is 0.378 e. The Hall–Kier alpha value is -0.480. The minimum atomic E-state index is -0.883. The molecule has 1 nitrogen and oxygen atoms in total. The molecule has 0 bridgehead atoms. The Bertz CT molecular complexity index is 142. The van der Waals surface area contributed by atoms with Gasteiger partial charge in [0.15, 0.2) is 0 Å². The molecule has 0 rings (SSSR count). The van der Waals surface area contributed by atoms with Crippen LogP contribution in [0.25, 0.3) is 0 Å². The van der Waals surface area contributed by atoms with Crippen molar-refractivity contribution in [2.75, 3.05) is 0 Å². The molecule has 1 heteroatoms. The third kappa shape index (κ3) is 6.24. The van der Waals surface area contributed by atoms with Crippen LogP contribution in [0.5, 0.6) is 0 Å². The predicted molar refractivity (Wildman–Crippen MR) is 52.8 cm³/mol. The fourth-order valence-electron chi connectivity index (χ4n) is 1.14. The summed E-state index contributed by atoms with van der Waals surface area (Å²) in [6, 6.07) is 0. The Morgan fingerprint density at radius 1 is 1.25 bits per heavy atom. The van der Waals surface area contributed by atoms with Crippen molar-refractivity contribution in [3.05, 3.63) is 0 Å². The van der Waals surface area contributed by atoms with Gasteiger partial charge in [-0.1, -0.05) is 38.5 Å². The van der Waals surface area contributed by atoms with E-state index in [2.05, 4.69) is 12.8 Å². The number of rotatable bonds is 6. The number of aliphatic hydroxyl groups is 1. The first kappa shape index (κ1) is 11.5. The van der Waals surface area contributed by atoms with E-state index in [0.717, 1.165) is 12.8 Å². The van der Waals surface area contributed by atoms with Gasteiger partial charge in [-0.3, -0.25) is 0 Å². The monoisotopic (exact) mass is 168 g/mol. The SMILES string of the molecule is C#CC(C)(O)CCCCCCC. The van der Waals surface area contributed by atoms with Crippen LogP contribution >= 0.6 is 0 Å². The zero-order chi connectivity index (χ0) is 9.45. The summed E-state index contributed by atoms with van der Waals surface area (Å²) in [5, 5.41) is 9.44. The first-order chi connectivity index (χ1) is 5.62. The average Bonchev–Trinajstić information content (AvgIpc) is 2.04. The third-order valence-electron chi connectivity index (χ3n) is 2.08. The van der Waals surface area contributed by atoms with Crippen molar-refractivity contribution in [3.63, 3.8) is 0 Å². The van der Waals surface area contributed by atoms with E-state index in [1.165, 1.54) is 25.7 Å². The van der Waals surface area contributed by atoms with Crippen molar-refractivity contribution in [1.82, 2.24) is 0 Å². The number of hydrogen-bond acceptors (Lipinski definition) is 1. The smallest absolute Gasteiger partial charge is 0.122 e. The lowest BCUT2D eigenvalue weighted by Crippen LogP contribution is -2.20. The maximum absolute atomic E-state index is 9.44. The van der Waals surface area contributed by atoms with E-state index in [9.17, 15) is 5.11 Å². The molecule has 0 saturated carbocycles. The molecule has 0 aliphatic rings. The van der Waals surface area contributed by atoms with E-state index in [1.54, 1.807) is 6.92 Å². The topological polar surface area (TPSA) is 20.2 Å². The number of hydrogen-bond donors (Lipinski definition) is 1. The molecule has 0 aromatic carbocycles. The second-order valence-electron chi connectivity index (χ2n) is 3.58. The molecule has 0 aliphatic carbocycles. The van der Waals surface area contributed by atoms with Crippen molar-refractivity contribution >= 4 is 0 Å². The fraction of sp³-hybridized carbons (Fsp3) is 0.818. The van der Waals surface area contributed by atoms with E-state index in [4.69, 9.17) is 6.42 Å². The fourth-order valence-corrected chi connectivity index (χ4v) is 1.14. The summed E-state index contributed by atoms with van der Waals surface area (Å²) < 4.78 is 0. The first-order valence-corrected chi connectivity index (χ1v) is 4.82. The molecule has 0 saturated heterocycles. The van der Waals surface area contributed by atoms with Gasteiger partial charge < -0.3 is 5.11 Å². The highest BCUT2D eigenvalue weighted by atomic mass is 16.3. The van der Waals surface area contributed by atoms with E-state index >= 15 is 0 Å².